The van der Waals surface area contributed by atoms with E-state index < -0.39 is 10.0 Å². The number of amides is 1. The van der Waals surface area contributed by atoms with Crippen molar-refractivity contribution in [3.8, 4) is 11.5 Å². The van der Waals surface area contributed by atoms with E-state index in [1.807, 2.05) is 14.1 Å². The van der Waals surface area contributed by atoms with Gasteiger partial charge in [-0.1, -0.05) is 18.6 Å². The molecule has 8 nitrogen and oxygen atoms in total. The van der Waals surface area contributed by atoms with Gasteiger partial charge in [-0.3, -0.25) is 4.79 Å². The molecule has 34 heavy (non-hydrogen) atoms. The van der Waals surface area contributed by atoms with Crippen LogP contribution in [0.1, 0.15) is 37.7 Å². The molecule has 2 aromatic carbocycles. The third kappa shape index (κ3) is 7.92. The van der Waals surface area contributed by atoms with Crippen molar-refractivity contribution in [2.75, 3.05) is 45.3 Å². The summed E-state index contributed by atoms with van der Waals surface area (Å²) in [7, 11) is 0.429. The number of anilines is 1. The Balaban J connectivity index is 1.25. The summed E-state index contributed by atoms with van der Waals surface area (Å²) in [6.45, 7) is 1.85. The summed E-state index contributed by atoms with van der Waals surface area (Å²) >= 11 is 0. The van der Waals surface area contributed by atoms with Crippen LogP contribution in [0.25, 0.3) is 0 Å². The molecule has 1 heterocycles. The van der Waals surface area contributed by atoms with E-state index in [1.54, 1.807) is 6.07 Å². The van der Waals surface area contributed by atoms with Gasteiger partial charge in [-0.2, -0.15) is 0 Å². The number of carbonyl (C=O) groups excluding carboxylic acids is 1. The summed E-state index contributed by atoms with van der Waals surface area (Å²) in [5.41, 5.74) is 2.44. The second-order valence-corrected chi connectivity index (χ2v) is 10.3. The number of unbranched alkanes of at least 4 members (excludes halogenated alkanes) is 2. The fraction of sp³-hybridized carbons (Fsp3) is 0.480. The number of hydrogen-bond acceptors (Lipinski definition) is 6. The molecular weight excluding hydrogens is 454 g/mol. The molecular formula is C25H35N3O5S. The Hall–Kier alpha value is -2.78. The molecule has 0 radical (unpaired) electrons. The van der Waals surface area contributed by atoms with E-state index in [-0.39, 0.29) is 10.8 Å². The number of ether oxygens (including phenoxy) is 2. The van der Waals surface area contributed by atoms with Crippen LogP contribution in [-0.2, 0) is 21.2 Å². The first-order chi connectivity index (χ1) is 16.3. The number of nitrogens with one attached hydrogen (secondary N) is 2. The summed E-state index contributed by atoms with van der Waals surface area (Å²) in [6, 6.07) is 13.1. The van der Waals surface area contributed by atoms with E-state index in [2.05, 4.69) is 39.2 Å². The number of rotatable bonds is 13. The van der Waals surface area contributed by atoms with E-state index in [4.69, 9.17) is 9.47 Å². The lowest BCUT2D eigenvalue weighted by Crippen LogP contribution is -2.26. The normalized spacial score (nSPS) is 12.9. The van der Waals surface area contributed by atoms with Crippen molar-refractivity contribution in [1.29, 1.82) is 0 Å². The van der Waals surface area contributed by atoms with E-state index in [0.717, 1.165) is 25.7 Å². The molecule has 0 saturated carbocycles. The number of carbonyl (C=O) groups is 1. The van der Waals surface area contributed by atoms with Gasteiger partial charge in [0.05, 0.1) is 4.90 Å². The summed E-state index contributed by atoms with van der Waals surface area (Å²) < 4.78 is 38.4. The Morgan fingerprint density at radius 1 is 0.912 bits per heavy atom. The monoisotopic (exact) mass is 489 g/mol. The average Bonchev–Trinajstić information content (AvgIpc) is 2.84. The van der Waals surface area contributed by atoms with Crippen molar-refractivity contribution < 1.29 is 22.7 Å². The molecule has 0 aliphatic carbocycles. The molecule has 0 atom stereocenters. The van der Waals surface area contributed by atoms with Crippen LogP contribution in [0.2, 0.25) is 0 Å². The topological polar surface area (TPSA) is 97.0 Å². The van der Waals surface area contributed by atoms with Crippen LogP contribution in [-0.4, -0.2) is 54.7 Å². The third-order valence-electron chi connectivity index (χ3n) is 5.61. The molecule has 9 heteroatoms. The molecule has 2 aromatic rings. The van der Waals surface area contributed by atoms with Crippen LogP contribution in [0.5, 0.6) is 11.5 Å². The van der Waals surface area contributed by atoms with Gasteiger partial charge in [0.25, 0.3) is 0 Å². The van der Waals surface area contributed by atoms with E-state index in [0.29, 0.717) is 50.6 Å². The molecule has 3 rings (SSSR count). The van der Waals surface area contributed by atoms with Gasteiger partial charge in [0.1, 0.15) is 13.2 Å². The lowest BCUT2D eigenvalue weighted by atomic mass is 10.1. The van der Waals surface area contributed by atoms with Gasteiger partial charge in [-0.15, -0.1) is 0 Å². The molecule has 0 saturated heterocycles. The summed E-state index contributed by atoms with van der Waals surface area (Å²) in [4.78, 5) is 14.2. The van der Waals surface area contributed by atoms with Gasteiger partial charge >= 0.3 is 0 Å². The predicted octanol–water partition coefficient (Wildman–Crippen LogP) is 3.11. The van der Waals surface area contributed by atoms with E-state index in [9.17, 15) is 13.2 Å². The SMILES string of the molecule is CN(C)c1ccc(CCCNC(=O)CCCCCNS(=O)(=O)c2ccc3c(c2)OCCO3)cc1. The second kappa shape index (κ2) is 12.6. The molecule has 0 spiro atoms. The first-order valence-electron chi connectivity index (χ1n) is 11.8. The highest BCUT2D eigenvalue weighted by Crippen LogP contribution is 2.32. The fourth-order valence-electron chi connectivity index (χ4n) is 3.64. The van der Waals surface area contributed by atoms with Crippen molar-refractivity contribution in [1.82, 2.24) is 10.0 Å². The molecule has 1 aliphatic rings. The van der Waals surface area contributed by atoms with Crippen molar-refractivity contribution in [2.45, 2.75) is 43.4 Å². The largest absolute Gasteiger partial charge is 0.486 e. The number of benzene rings is 2. The third-order valence-corrected chi connectivity index (χ3v) is 7.07. The highest BCUT2D eigenvalue weighted by molar-refractivity contribution is 7.89. The molecule has 186 valence electrons. The molecule has 1 aliphatic heterocycles. The zero-order valence-corrected chi connectivity index (χ0v) is 20.8. The summed E-state index contributed by atoms with van der Waals surface area (Å²) in [5.74, 6) is 1.05. The highest BCUT2D eigenvalue weighted by atomic mass is 32.2. The maximum atomic E-state index is 12.5. The van der Waals surface area contributed by atoms with Gasteiger partial charge in [-0.25, -0.2) is 13.1 Å². The first kappa shape index (κ1) is 25.8. The van der Waals surface area contributed by atoms with Gasteiger partial charge in [0.2, 0.25) is 15.9 Å². The number of aryl methyl sites for hydroxylation is 1. The Labute approximate surface area is 202 Å². The quantitative estimate of drug-likeness (QED) is 0.420. The average molecular weight is 490 g/mol. The molecule has 0 aromatic heterocycles. The van der Waals surface area contributed by atoms with Crippen molar-refractivity contribution in [3.05, 3.63) is 48.0 Å². The zero-order valence-electron chi connectivity index (χ0n) is 20.0. The lowest BCUT2D eigenvalue weighted by molar-refractivity contribution is -0.121. The first-order valence-corrected chi connectivity index (χ1v) is 13.3. The Kier molecular flexibility index (Phi) is 9.59. The van der Waals surface area contributed by atoms with E-state index >= 15 is 0 Å². The number of hydrogen-bond donors (Lipinski definition) is 2. The molecule has 2 N–H and O–H groups in total. The maximum Gasteiger partial charge on any atom is 0.240 e. The minimum absolute atomic E-state index is 0.0415. The van der Waals surface area contributed by atoms with Crippen molar-refractivity contribution in [3.63, 3.8) is 0 Å². The van der Waals surface area contributed by atoms with Gasteiger partial charge < -0.3 is 19.7 Å². The predicted molar refractivity (Wildman–Crippen MR) is 133 cm³/mol. The summed E-state index contributed by atoms with van der Waals surface area (Å²) in [6.07, 6.45) is 4.44. The van der Waals surface area contributed by atoms with E-state index in [1.165, 1.54) is 23.4 Å². The Bertz CT molecular complexity index is 1040. The van der Waals surface area contributed by atoms with Crippen molar-refractivity contribution >= 4 is 21.6 Å². The molecule has 0 fully saturated rings. The molecule has 0 unspecified atom stereocenters. The van der Waals surface area contributed by atoms with Gasteiger partial charge in [-0.05, 0) is 55.5 Å². The van der Waals surface area contributed by atoms with Crippen LogP contribution in [0.4, 0.5) is 5.69 Å². The molecule has 0 bridgehead atoms. The van der Waals surface area contributed by atoms with Gasteiger partial charge in [0.15, 0.2) is 11.5 Å². The summed E-state index contributed by atoms with van der Waals surface area (Å²) in [5, 5.41) is 2.96. The Morgan fingerprint density at radius 2 is 1.65 bits per heavy atom. The molecule has 1 amide bonds. The Morgan fingerprint density at radius 3 is 2.38 bits per heavy atom. The van der Waals surface area contributed by atoms with Crippen LogP contribution >= 0.6 is 0 Å². The lowest BCUT2D eigenvalue weighted by Gasteiger charge is -2.18. The minimum Gasteiger partial charge on any atom is -0.486 e. The van der Waals surface area contributed by atoms with Gasteiger partial charge in [0, 0.05) is 45.4 Å². The smallest absolute Gasteiger partial charge is 0.240 e. The van der Waals surface area contributed by atoms with Crippen LogP contribution in [0, 0.1) is 0 Å². The number of fused-ring (bicyclic) bond motifs is 1. The van der Waals surface area contributed by atoms with Crippen LogP contribution < -0.4 is 24.4 Å². The number of nitrogens with zero attached hydrogens (tertiary/aromatic N) is 1. The zero-order chi connectivity index (χ0) is 24.4. The number of sulfonamides is 1. The highest BCUT2D eigenvalue weighted by Gasteiger charge is 2.18. The maximum absolute atomic E-state index is 12.5. The minimum atomic E-state index is -3.61. The van der Waals surface area contributed by atoms with Crippen LogP contribution in [0.15, 0.2) is 47.4 Å². The van der Waals surface area contributed by atoms with Crippen molar-refractivity contribution in [2.24, 2.45) is 0 Å². The standard InChI is InChI=1S/C25H35N3O5S/c1-28(2)21-11-9-20(10-12-21)7-6-15-26-25(29)8-4-3-5-16-27-34(30,31)22-13-14-23-24(19-22)33-18-17-32-23/h9-14,19,27H,3-8,15-18H2,1-2H3,(H,26,29). The van der Waals surface area contributed by atoms with Crippen LogP contribution in [0.3, 0.4) is 0 Å². The fourth-order valence-corrected chi connectivity index (χ4v) is 4.73. The second-order valence-electron chi connectivity index (χ2n) is 8.53.